The third-order valence-electron chi connectivity index (χ3n) is 4.12. The van der Waals surface area contributed by atoms with E-state index in [1.807, 2.05) is 23.7 Å². The number of aromatic amines is 2. The molecule has 21 heavy (non-hydrogen) atoms. The molecular weight excluding hydrogens is 282 g/mol. The molecule has 2 N–H and O–H groups in total. The highest BCUT2D eigenvalue weighted by Crippen LogP contribution is 2.33. The Kier molecular flexibility index (Phi) is 3.12. The molecule has 3 aromatic heterocycles. The predicted molar refractivity (Wildman–Crippen MR) is 82.2 cm³/mol. The lowest BCUT2D eigenvalue weighted by Gasteiger charge is -2.33. The monoisotopic (exact) mass is 299 g/mol. The number of hydrogen-bond acceptors (Lipinski definition) is 4. The van der Waals surface area contributed by atoms with E-state index in [-0.39, 0.29) is 6.04 Å². The molecule has 3 aromatic rings. The molecule has 0 unspecified atom stereocenters. The fourth-order valence-corrected chi connectivity index (χ4v) is 3.91. The topological polar surface area (TPSA) is 60.6 Å². The SMILES string of the molecule is Cc1ccsc1CN1CCc2[nH]cnc2[C@@H]1c1ncc[nH]1. The Bertz CT molecular complexity index is 727. The van der Waals surface area contributed by atoms with Crippen molar-refractivity contribution in [1.29, 1.82) is 0 Å². The van der Waals surface area contributed by atoms with Crippen LogP contribution in [-0.4, -0.2) is 31.4 Å². The van der Waals surface area contributed by atoms with Crippen LogP contribution in [0, 0.1) is 6.92 Å². The van der Waals surface area contributed by atoms with Crippen molar-refractivity contribution in [2.75, 3.05) is 6.54 Å². The van der Waals surface area contributed by atoms with Gasteiger partial charge in [-0.05, 0) is 23.9 Å². The zero-order valence-corrected chi connectivity index (χ0v) is 12.7. The van der Waals surface area contributed by atoms with Crippen molar-refractivity contribution in [1.82, 2.24) is 24.8 Å². The van der Waals surface area contributed by atoms with Crippen LogP contribution in [0.1, 0.15) is 33.7 Å². The Morgan fingerprint density at radius 1 is 1.38 bits per heavy atom. The minimum absolute atomic E-state index is 0.108. The van der Waals surface area contributed by atoms with E-state index in [9.17, 15) is 0 Å². The molecule has 0 bridgehead atoms. The molecule has 5 nitrogen and oxygen atoms in total. The molecule has 6 heteroatoms. The van der Waals surface area contributed by atoms with Gasteiger partial charge in [0.05, 0.1) is 12.0 Å². The summed E-state index contributed by atoms with van der Waals surface area (Å²) in [6, 6.07) is 2.29. The first-order valence-corrected chi connectivity index (χ1v) is 7.99. The van der Waals surface area contributed by atoms with Gasteiger partial charge in [-0.25, -0.2) is 9.97 Å². The maximum Gasteiger partial charge on any atom is 0.129 e. The maximum atomic E-state index is 4.54. The van der Waals surface area contributed by atoms with Gasteiger partial charge in [0.15, 0.2) is 0 Å². The van der Waals surface area contributed by atoms with E-state index in [1.165, 1.54) is 16.1 Å². The predicted octanol–water partition coefficient (Wildman–Crippen LogP) is 2.65. The zero-order chi connectivity index (χ0) is 14.2. The van der Waals surface area contributed by atoms with E-state index in [0.29, 0.717) is 0 Å². The number of fused-ring (bicyclic) bond motifs is 1. The van der Waals surface area contributed by atoms with Gasteiger partial charge in [0.1, 0.15) is 11.9 Å². The van der Waals surface area contributed by atoms with Gasteiger partial charge < -0.3 is 9.97 Å². The summed E-state index contributed by atoms with van der Waals surface area (Å²) >= 11 is 1.83. The first kappa shape index (κ1) is 12.8. The second-order valence-electron chi connectivity index (χ2n) is 5.39. The van der Waals surface area contributed by atoms with Crippen LogP contribution >= 0.6 is 11.3 Å². The first-order chi connectivity index (χ1) is 10.3. The lowest BCUT2D eigenvalue weighted by molar-refractivity contribution is 0.195. The standard InChI is InChI=1S/C15H17N5S/c1-10-3-7-21-12(10)8-20-6-2-11-13(19-9-18-11)14(20)15-16-4-5-17-15/h3-5,7,9,14H,2,6,8H2,1H3,(H,16,17)(H,18,19)/t14-/m1/s1. The van der Waals surface area contributed by atoms with Gasteiger partial charge in [0.25, 0.3) is 0 Å². The molecule has 4 heterocycles. The molecule has 1 atom stereocenters. The number of aromatic nitrogens is 4. The smallest absolute Gasteiger partial charge is 0.129 e. The summed E-state index contributed by atoms with van der Waals surface area (Å²) < 4.78 is 0. The first-order valence-electron chi connectivity index (χ1n) is 7.11. The van der Waals surface area contributed by atoms with Crippen molar-refractivity contribution < 1.29 is 0 Å². The highest BCUT2D eigenvalue weighted by Gasteiger charge is 2.32. The van der Waals surface area contributed by atoms with Crippen molar-refractivity contribution in [3.05, 3.63) is 57.8 Å². The number of nitrogens with one attached hydrogen (secondary N) is 2. The van der Waals surface area contributed by atoms with E-state index in [0.717, 1.165) is 31.0 Å². The van der Waals surface area contributed by atoms with Crippen molar-refractivity contribution in [2.24, 2.45) is 0 Å². The highest BCUT2D eigenvalue weighted by atomic mass is 32.1. The van der Waals surface area contributed by atoms with Gasteiger partial charge in [0, 0.05) is 42.5 Å². The second kappa shape index (κ2) is 5.13. The Morgan fingerprint density at radius 3 is 3.10 bits per heavy atom. The molecular formula is C15H17N5S. The van der Waals surface area contributed by atoms with Crippen LogP contribution in [-0.2, 0) is 13.0 Å². The molecule has 1 aliphatic heterocycles. The Balaban J connectivity index is 1.71. The van der Waals surface area contributed by atoms with Gasteiger partial charge in [-0.3, -0.25) is 4.90 Å². The third-order valence-corrected chi connectivity index (χ3v) is 5.13. The van der Waals surface area contributed by atoms with Crippen LogP contribution in [0.25, 0.3) is 0 Å². The summed E-state index contributed by atoms with van der Waals surface area (Å²) in [7, 11) is 0. The van der Waals surface area contributed by atoms with E-state index in [1.54, 1.807) is 6.33 Å². The van der Waals surface area contributed by atoms with Crippen molar-refractivity contribution in [3.8, 4) is 0 Å². The van der Waals surface area contributed by atoms with E-state index < -0.39 is 0 Å². The fourth-order valence-electron chi connectivity index (χ4n) is 2.98. The molecule has 108 valence electrons. The average molecular weight is 299 g/mol. The van der Waals surface area contributed by atoms with E-state index in [4.69, 9.17) is 0 Å². The number of hydrogen-bond donors (Lipinski definition) is 2. The number of imidazole rings is 2. The largest absolute Gasteiger partial charge is 0.348 e. The Hall–Kier alpha value is -1.92. The molecule has 0 saturated heterocycles. The van der Waals surface area contributed by atoms with Gasteiger partial charge in [-0.1, -0.05) is 0 Å². The van der Waals surface area contributed by atoms with E-state index >= 15 is 0 Å². The normalized spacial score (nSPS) is 18.8. The summed E-state index contributed by atoms with van der Waals surface area (Å²) in [6.45, 7) is 4.14. The molecule has 0 aromatic carbocycles. The lowest BCUT2D eigenvalue weighted by atomic mass is 10.0. The summed E-state index contributed by atoms with van der Waals surface area (Å²) in [5, 5.41) is 2.16. The number of aryl methyl sites for hydroxylation is 1. The number of rotatable bonds is 3. The molecule has 0 radical (unpaired) electrons. The third kappa shape index (κ3) is 2.20. The molecule has 0 aliphatic carbocycles. The van der Waals surface area contributed by atoms with Gasteiger partial charge in [0.2, 0.25) is 0 Å². The number of thiophene rings is 1. The quantitative estimate of drug-likeness (QED) is 0.781. The fraction of sp³-hybridized carbons (Fsp3) is 0.333. The van der Waals surface area contributed by atoms with Gasteiger partial charge >= 0.3 is 0 Å². The summed E-state index contributed by atoms with van der Waals surface area (Å²) in [5.74, 6) is 0.970. The molecule has 1 aliphatic rings. The van der Waals surface area contributed by atoms with E-state index in [2.05, 4.69) is 43.2 Å². The molecule has 0 fully saturated rings. The summed E-state index contributed by atoms with van der Waals surface area (Å²) in [4.78, 5) is 19.4. The number of H-pyrrole nitrogens is 2. The van der Waals surface area contributed by atoms with Gasteiger partial charge in [-0.2, -0.15) is 0 Å². The van der Waals surface area contributed by atoms with Crippen LogP contribution in [0.15, 0.2) is 30.2 Å². The lowest BCUT2D eigenvalue weighted by Crippen LogP contribution is -2.36. The zero-order valence-electron chi connectivity index (χ0n) is 11.8. The van der Waals surface area contributed by atoms with Gasteiger partial charge in [-0.15, -0.1) is 11.3 Å². The average Bonchev–Trinajstić information content (AvgIpc) is 3.21. The second-order valence-corrected chi connectivity index (χ2v) is 6.39. The van der Waals surface area contributed by atoms with Crippen LogP contribution in [0.4, 0.5) is 0 Å². The molecule has 0 saturated carbocycles. The molecule has 4 rings (SSSR count). The van der Waals surface area contributed by atoms with Crippen LogP contribution in [0.5, 0.6) is 0 Å². The van der Waals surface area contributed by atoms with Crippen LogP contribution < -0.4 is 0 Å². The van der Waals surface area contributed by atoms with Crippen LogP contribution in [0.2, 0.25) is 0 Å². The summed E-state index contributed by atoms with van der Waals surface area (Å²) in [5.41, 5.74) is 3.70. The minimum Gasteiger partial charge on any atom is -0.348 e. The molecule has 0 spiro atoms. The van der Waals surface area contributed by atoms with Crippen LogP contribution in [0.3, 0.4) is 0 Å². The summed E-state index contributed by atoms with van der Waals surface area (Å²) in [6.07, 6.45) is 6.49. The van der Waals surface area contributed by atoms with Crippen molar-refractivity contribution in [2.45, 2.75) is 25.9 Å². The van der Waals surface area contributed by atoms with Crippen molar-refractivity contribution >= 4 is 11.3 Å². The number of nitrogens with zero attached hydrogens (tertiary/aromatic N) is 3. The molecule has 0 amide bonds. The Morgan fingerprint density at radius 2 is 2.33 bits per heavy atom. The highest BCUT2D eigenvalue weighted by molar-refractivity contribution is 7.10. The van der Waals surface area contributed by atoms with Crippen molar-refractivity contribution in [3.63, 3.8) is 0 Å². The Labute approximate surface area is 127 Å². The maximum absolute atomic E-state index is 4.54. The minimum atomic E-state index is 0.108.